The number of halogens is 1. The summed E-state index contributed by atoms with van der Waals surface area (Å²) in [5.74, 6) is 0.338. The van der Waals surface area contributed by atoms with E-state index >= 15 is 0 Å². The Morgan fingerprint density at radius 3 is 2.44 bits per heavy atom. The number of anilines is 1. The van der Waals surface area contributed by atoms with E-state index in [1.807, 2.05) is 6.92 Å². The number of benzene rings is 2. The number of methoxy groups -OCH3 is 2. The van der Waals surface area contributed by atoms with Crippen LogP contribution in [0.4, 0.5) is 10.1 Å². The molecule has 1 heterocycles. The molecule has 0 fully saturated rings. The van der Waals surface area contributed by atoms with E-state index in [0.717, 1.165) is 5.56 Å². The third-order valence-electron chi connectivity index (χ3n) is 4.31. The molecule has 0 saturated heterocycles. The van der Waals surface area contributed by atoms with Crippen LogP contribution in [-0.4, -0.2) is 29.9 Å². The van der Waals surface area contributed by atoms with Gasteiger partial charge in [-0.05, 0) is 37.6 Å². The molecule has 3 rings (SSSR count). The van der Waals surface area contributed by atoms with Crippen LogP contribution in [0.2, 0.25) is 0 Å². The molecule has 7 heteroatoms. The zero-order chi connectivity index (χ0) is 19.6. The maximum Gasteiger partial charge on any atom is 0.259 e. The lowest BCUT2D eigenvalue weighted by atomic mass is 10.1. The number of nitrogens with one attached hydrogen (secondary N) is 1. The Hall–Kier alpha value is -3.35. The molecule has 1 N–H and O–H groups in total. The Morgan fingerprint density at radius 1 is 1.11 bits per heavy atom. The first-order chi connectivity index (χ1) is 13.0. The molecule has 3 aromatic rings. The number of aromatic nitrogens is 2. The van der Waals surface area contributed by atoms with E-state index < -0.39 is 5.82 Å². The van der Waals surface area contributed by atoms with Crippen molar-refractivity contribution >= 4 is 11.6 Å². The molecule has 0 bridgehead atoms. The molecule has 0 aliphatic rings. The van der Waals surface area contributed by atoms with Crippen LogP contribution in [0.25, 0.3) is 5.69 Å². The van der Waals surface area contributed by atoms with Gasteiger partial charge in [0.1, 0.15) is 11.5 Å². The molecule has 0 aliphatic carbocycles. The van der Waals surface area contributed by atoms with Gasteiger partial charge in [0, 0.05) is 11.8 Å². The van der Waals surface area contributed by atoms with Crippen LogP contribution in [0, 0.1) is 19.7 Å². The van der Waals surface area contributed by atoms with Gasteiger partial charge in [-0.3, -0.25) is 4.79 Å². The molecule has 0 saturated carbocycles. The first kappa shape index (κ1) is 18.4. The molecule has 1 amide bonds. The van der Waals surface area contributed by atoms with Gasteiger partial charge in [-0.2, -0.15) is 5.10 Å². The molecule has 0 atom stereocenters. The van der Waals surface area contributed by atoms with Gasteiger partial charge in [-0.1, -0.05) is 12.1 Å². The standard InChI is InChI=1S/C20H20FN3O3/c1-12-9-18(26-3)19(27-4)10-16(12)23-20(25)14-11-22-24(13(14)2)17-8-6-5-7-15(17)21/h5-11H,1-4H3,(H,23,25). The Balaban J connectivity index is 1.91. The van der Waals surface area contributed by atoms with Gasteiger partial charge in [-0.15, -0.1) is 0 Å². The van der Waals surface area contributed by atoms with Crippen molar-refractivity contribution in [3.8, 4) is 17.2 Å². The first-order valence-corrected chi connectivity index (χ1v) is 8.29. The van der Waals surface area contributed by atoms with Gasteiger partial charge in [0.05, 0.1) is 31.7 Å². The van der Waals surface area contributed by atoms with Crippen LogP contribution in [0.1, 0.15) is 21.6 Å². The summed E-state index contributed by atoms with van der Waals surface area (Å²) < 4.78 is 26.0. The Bertz CT molecular complexity index is 998. The molecule has 0 unspecified atom stereocenters. The summed E-state index contributed by atoms with van der Waals surface area (Å²) in [4.78, 5) is 12.7. The third-order valence-corrected chi connectivity index (χ3v) is 4.31. The van der Waals surface area contributed by atoms with Crippen LogP contribution in [-0.2, 0) is 0 Å². The number of carbonyl (C=O) groups is 1. The maximum absolute atomic E-state index is 14.0. The quantitative estimate of drug-likeness (QED) is 0.741. The summed E-state index contributed by atoms with van der Waals surface area (Å²) in [7, 11) is 3.08. The summed E-state index contributed by atoms with van der Waals surface area (Å²) in [6.45, 7) is 3.57. The summed E-state index contributed by atoms with van der Waals surface area (Å²) in [6, 6.07) is 9.75. The first-order valence-electron chi connectivity index (χ1n) is 8.29. The fourth-order valence-electron chi connectivity index (χ4n) is 2.80. The van der Waals surface area contributed by atoms with Crippen molar-refractivity contribution in [3.05, 3.63) is 65.2 Å². The van der Waals surface area contributed by atoms with Crippen molar-refractivity contribution in [2.45, 2.75) is 13.8 Å². The zero-order valence-corrected chi connectivity index (χ0v) is 15.5. The largest absolute Gasteiger partial charge is 0.493 e. The van der Waals surface area contributed by atoms with E-state index in [0.29, 0.717) is 28.4 Å². The monoisotopic (exact) mass is 369 g/mol. The van der Waals surface area contributed by atoms with Crippen LogP contribution < -0.4 is 14.8 Å². The van der Waals surface area contributed by atoms with E-state index in [1.54, 1.807) is 44.4 Å². The number of amides is 1. The second-order valence-corrected chi connectivity index (χ2v) is 5.98. The number of nitrogens with zero attached hydrogens (tertiary/aromatic N) is 2. The van der Waals surface area contributed by atoms with Crippen molar-refractivity contribution in [2.24, 2.45) is 0 Å². The highest BCUT2D eigenvalue weighted by Gasteiger charge is 2.18. The van der Waals surface area contributed by atoms with Crippen LogP contribution >= 0.6 is 0 Å². The minimum absolute atomic E-state index is 0.288. The van der Waals surface area contributed by atoms with Crippen molar-refractivity contribution < 1.29 is 18.7 Å². The number of aryl methyl sites for hydroxylation is 1. The highest BCUT2D eigenvalue weighted by Crippen LogP contribution is 2.33. The predicted octanol–water partition coefficient (Wildman–Crippen LogP) is 3.90. The molecule has 0 spiro atoms. The normalized spacial score (nSPS) is 10.6. The number of ether oxygens (including phenoxy) is 2. The second kappa shape index (κ2) is 7.49. The van der Waals surface area contributed by atoms with Crippen molar-refractivity contribution in [2.75, 3.05) is 19.5 Å². The van der Waals surface area contributed by atoms with Crippen LogP contribution in [0.5, 0.6) is 11.5 Å². The zero-order valence-electron chi connectivity index (χ0n) is 15.5. The molecular formula is C20H20FN3O3. The SMILES string of the molecule is COc1cc(C)c(NC(=O)c2cnn(-c3ccccc3F)c2C)cc1OC. The minimum atomic E-state index is -0.411. The lowest BCUT2D eigenvalue weighted by Gasteiger charge is -2.13. The van der Waals surface area contributed by atoms with Crippen LogP contribution in [0.3, 0.4) is 0 Å². The van der Waals surface area contributed by atoms with Gasteiger partial charge in [0.2, 0.25) is 0 Å². The second-order valence-electron chi connectivity index (χ2n) is 5.98. The average Bonchev–Trinajstić information content (AvgIpc) is 3.04. The fourth-order valence-corrected chi connectivity index (χ4v) is 2.80. The van der Waals surface area contributed by atoms with Gasteiger partial charge in [-0.25, -0.2) is 9.07 Å². The summed E-state index contributed by atoms with van der Waals surface area (Å²) in [5.41, 5.74) is 2.59. The van der Waals surface area contributed by atoms with E-state index in [-0.39, 0.29) is 11.6 Å². The third kappa shape index (κ3) is 3.48. The van der Waals surface area contributed by atoms with E-state index in [2.05, 4.69) is 10.4 Å². The summed E-state index contributed by atoms with van der Waals surface area (Å²) in [6.07, 6.45) is 1.42. The molecule has 0 radical (unpaired) electrons. The molecule has 2 aromatic carbocycles. The van der Waals surface area contributed by atoms with Crippen LogP contribution in [0.15, 0.2) is 42.6 Å². The Kier molecular flexibility index (Phi) is 5.12. The summed E-state index contributed by atoms with van der Waals surface area (Å²) >= 11 is 0. The lowest BCUT2D eigenvalue weighted by molar-refractivity contribution is 0.102. The fraction of sp³-hybridized carbons (Fsp3) is 0.200. The van der Waals surface area contributed by atoms with Crippen molar-refractivity contribution in [1.82, 2.24) is 9.78 Å². The molecular weight excluding hydrogens is 349 g/mol. The number of rotatable bonds is 5. The Labute approximate surface area is 156 Å². The molecule has 27 heavy (non-hydrogen) atoms. The van der Waals surface area contributed by atoms with E-state index in [1.165, 1.54) is 24.1 Å². The van der Waals surface area contributed by atoms with E-state index in [9.17, 15) is 9.18 Å². The average molecular weight is 369 g/mol. The molecule has 6 nitrogen and oxygen atoms in total. The van der Waals surface area contributed by atoms with Crippen molar-refractivity contribution in [3.63, 3.8) is 0 Å². The lowest BCUT2D eigenvalue weighted by Crippen LogP contribution is -2.14. The molecule has 0 aliphatic heterocycles. The number of hydrogen-bond donors (Lipinski definition) is 1. The highest BCUT2D eigenvalue weighted by atomic mass is 19.1. The number of hydrogen-bond acceptors (Lipinski definition) is 4. The number of carbonyl (C=O) groups excluding carboxylic acids is 1. The van der Waals surface area contributed by atoms with Gasteiger partial charge in [0.15, 0.2) is 11.5 Å². The number of para-hydroxylation sites is 1. The highest BCUT2D eigenvalue weighted by molar-refractivity contribution is 6.05. The summed E-state index contributed by atoms with van der Waals surface area (Å²) in [5, 5.41) is 7.02. The van der Waals surface area contributed by atoms with Crippen molar-refractivity contribution in [1.29, 1.82) is 0 Å². The predicted molar refractivity (Wildman–Crippen MR) is 100 cm³/mol. The minimum Gasteiger partial charge on any atom is -0.493 e. The Morgan fingerprint density at radius 2 is 1.78 bits per heavy atom. The topological polar surface area (TPSA) is 65.4 Å². The molecule has 140 valence electrons. The van der Waals surface area contributed by atoms with E-state index in [4.69, 9.17) is 9.47 Å². The van der Waals surface area contributed by atoms with Gasteiger partial charge < -0.3 is 14.8 Å². The van der Waals surface area contributed by atoms with Gasteiger partial charge in [0.25, 0.3) is 5.91 Å². The molecule has 1 aromatic heterocycles. The maximum atomic E-state index is 14.0. The smallest absolute Gasteiger partial charge is 0.259 e. The van der Waals surface area contributed by atoms with Gasteiger partial charge >= 0.3 is 0 Å².